The van der Waals surface area contributed by atoms with Crippen LogP contribution < -0.4 is 5.14 Å². The highest BCUT2D eigenvalue weighted by molar-refractivity contribution is 7.91. The number of sulfonamides is 1. The SMILES string of the molecule is CCCCOC(=O)c1c(CC(C)C)sc(S(N)(=O)=O)c1-c1cccc(Cn2cccn2)c1. The van der Waals surface area contributed by atoms with E-state index in [2.05, 4.69) is 5.10 Å². The Kier molecular flexibility index (Phi) is 7.86. The smallest absolute Gasteiger partial charge is 0.339 e. The monoisotopic (exact) mass is 475 g/mol. The van der Waals surface area contributed by atoms with Gasteiger partial charge in [-0.3, -0.25) is 4.68 Å². The second-order valence-electron chi connectivity index (χ2n) is 8.10. The molecule has 2 N–H and O–H groups in total. The van der Waals surface area contributed by atoms with Gasteiger partial charge in [0.05, 0.1) is 18.7 Å². The molecule has 1 aromatic carbocycles. The Balaban J connectivity index is 2.15. The normalized spacial score (nSPS) is 11.8. The Morgan fingerprint density at radius 3 is 2.69 bits per heavy atom. The predicted molar refractivity (Wildman–Crippen MR) is 126 cm³/mol. The van der Waals surface area contributed by atoms with Crippen LogP contribution in [0.3, 0.4) is 0 Å². The number of nitrogens with two attached hydrogens (primary N) is 1. The van der Waals surface area contributed by atoms with E-state index in [1.807, 2.05) is 51.2 Å². The third kappa shape index (κ3) is 5.85. The summed E-state index contributed by atoms with van der Waals surface area (Å²) in [6, 6.07) is 9.28. The van der Waals surface area contributed by atoms with Gasteiger partial charge in [0.15, 0.2) is 0 Å². The quantitative estimate of drug-likeness (QED) is 0.344. The average molecular weight is 476 g/mol. The lowest BCUT2D eigenvalue weighted by molar-refractivity contribution is 0.0500. The molecule has 0 saturated heterocycles. The largest absolute Gasteiger partial charge is 0.462 e. The summed E-state index contributed by atoms with van der Waals surface area (Å²) in [5, 5.41) is 9.82. The van der Waals surface area contributed by atoms with Crippen molar-refractivity contribution in [2.24, 2.45) is 11.1 Å². The molecule has 172 valence electrons. The number of aromatic nitrogens is 2. The Labute approximate surface area is 193 Å². The van der Waals surface area contributed by atoms with Crippen LogP contribution in [-0.4, -0.2) is 30.8 Å². The third-order valence-electron chi connectivity index (χ3n) is 4.86. The van der Waals surface area contributed by atoms with Crippen LogP contribution in [0.25, 0.3) is 11.1 Å². The molecule has 3 aromatic rings. The zero-order valence-electron chi connectivity index (χ0n) is 18.6. The molecule has 3 rings (SSSR count). The van der Waals surface area contributed by atoms with Crippen molar-refractivity contribution in [1.29, 1.82) is 0 Å². The maximum Gasteiger partial charge on any atom is 0.339 e. The van der Waals surface area contributed by atoms with Gasteiger partial charge in [-0.1, -0.05) is 45.4 Å². The Morgan fingerprint density at radius 2 is 2.06 bits per heavy atom. The van der Waals surface area contributed by atoms with Gasteiger partial charge in [-0.15, -0.1) is 11.3 Å². The van der Waals surface area contributed by atoms with Gasteiger partial charge in [0.25, 0.3) is 0 Å². The molecule has 0 bridgehead atoms. The molecule has 0 spiro atoms. The standard InChI is InChI=1S/C23H29N3O4S2/c1-4-5-12-30-22(27)21-19(13-16(2)3)31-23(32(24,28)29)20(21)18-9-6-8-17(14-18)15-26-11-7-10-25-26/h6-11,14,16H,4-5,12-13,15H2,1-3H3,(H2,24,28,29). The molecule has 0 unspecified atom stereocenters. The molecule has 0 aliphatic carbocycles. The number of carbonyl (C=O) groups excluding carboxylic acids is 1. The van der Waals surface area contributed by atoms with E-state index in [1.54, 1.807) is 16.9 Å². The van der Waals surface area contributed by atoms with Crippen molar-refractivity contribution in [2.45, 2.75) is 50.8 Å². The number of carbonyl (C=O) groups is 1. The highest BCUT2D eigenvalue weighted by Crippen LogP contribution is 2.41. The maximum atomic E-state index is 13.1. The van der Waals surface area contributed by atoms with E-state index in [4.69, 9.17) is 9.88 Å². The first-order valence-corrected chi connectivity index (χ1v) is 13.0. The summed E-state index contributed by atoms with van der Waals surface area (Å²) in [6.07, 6.45) is 5.74. The first kappa shape index (κ1) is 24.2. The molecule has 32 heavy (non-hydrogen) atoms. The number of rotatable bonds is 10. The lowest BCUT2D eigenvalue weighted by atomic mass is 9.98. The van der Waals surface area contributed by atoms with Crippen LogP contribution in [0.4, 0.5) is 0 Å². The number of primary sulfonamides is 1. The first-order valence-electron chi connectivity index (χ1n) is 10.6. The molecule has 0 atom stereocenters. The molecular formula is C23H29N3O4S2. The topological polar surface area (TPSA) is 104 Å². The zero-order chi connectivity index (χ0) is 23.3. The van der Waals surface area contributed by atoms with Gasteiger partial charge in [0, 0.05) is 22.8 Å². The number of nitrogens with zero attached hydrogens (tertiary/aromatic N) is 2. The fourth-order valence-corrected chi connectivity index (χ4v) is 5.96. The number of benzene rings is 1. The molecule has 0 saturated carbocycles. The minimum absolute atomic E-state index is 0.00756. The van der Waals surface area contributed by atoms with Crippen molar-refractivity contribution in [3.8, 4) is 11.1 Å². The van der Waals surface area contributed by atoms with Crippen LogP contribution in [0.15, 0.2) is 46.9 Å². The Bertz CT molecular complexity index is 1170. The number of ether oxygens (including phenoxy) is 1. The average Bonchev–Trinajstić information content (AvgIpc) is 3.35. The van der Waals surface area contributed by atoms with Crippen molar-refractivity contribution < 1.29 is 17.9 Å². The molecule has 2 aromatic heterocycles. The van der Waals surface area contributed by atoms with E-state index in [9.17, 15) is 13.2 Å². The van der Waals surface area contributed by atoms with Crippen molar-refractivity contribution in [3.63, 3.8) is 0 Å². The number of thiophene rings is 1. The lowest BCUT2D eigenvalue weighted by Gasteiger charge is -2.11. The van der Waals surface area contributed by atoms with Crippen molar-refractivity contribution >= 4 is 27.3 Å². The highest BCUT2D eigenvalue weighted by atomic mass is 32.2. The van der Waals surface area contributed by atoms with E-state index in [1.165, 1.54) is 0 Å². The van der Waals surface area contributed by atoms with Gasteiger partial charge in [0.2, 0.25) is 10.0 Å². The van der Waals surface area contributed by atoms with Gasteiger partial charge in [-0.25, -0.2) is 18.4 Å². The first-order chi connectivity index (χ1) is 15.2. The second kappa shape index (κ2) is 10.4. The summed E-state index contributed by atoms with van der Waals surface area (Å²) in [4.78, 5) is 13.8. The molecule has 0 aliphatic heterocycles. The van der Waals surface area contributed by atoms with E-state index in [-0.39, 0.29) is 16.7 Å². The molecule has 9 heteroatoms. The summed E-state index contributed by atoms with van der Waals surface area (Å²) in [5.41, 5.74) is 2.18. The summed E-state index contributed by atoms with van der Waals surface area (Å²) >= 11 is 1.06. The van der Waals surface area contributed by atoms with Crippen LogP contribution in [-0.2, 0) is 27.7 Å². The second-order valence-corrected chi connectivity index (χ2v) is 11.0. The number of esters is 1. The molecule has 0 aliphatic rings. The van der Waals surface area contributed by atoms with Gasteiger partial charge in [0.1, 0.15) is 4.21 Å². The van der Waals surface area contributed by atoms with Crippen LogP contribution >= 0.6 is 11.3 Å². The number of hydrogen-bond donors (Lipinski definition) is 1. The fourth-order valence-electron chi connectivity index (χ4n) is 3.44. The fraction of sp³-hybridized carbons (Fsp3) is 0.391. The lowest BCUT2D eigenvalue weighted by Crippen LogP contribution is -2.13. The molecule has 0 fully saturated rings. The molecular weight excluding hydrogens is 446 g/mol. The van der Waals surface area contributed by atoms with Crippen LogP contribution in [0, 0.1) is 5.92 Å². The summed E-state index contributed by atoms with van der Waals surface area (Å²) in [6.45, 7) is 6.86. The van der Waals surface area contributed by atoms with Crippen LogP contribution in [0.2, 0.25) is 0 Å². The minimum Gasteiger partial charge on any atom is -0.462 e. The van der Waals surface area contributed by atoms with E-state index >= 15 is 0 Å². The summed E-state index contributed by atoms with van der Waals surface area (Å²) < 4.78 is 32.3. The Morgan fingerprint density at radius 1 is 1.28 bits per heavy atom. The van der Waals surface area contributed by atoms with Crippen molar-refractivity contribution in [3.05, 3.63) is 58.7 Å². The van der Waals surface area contributed by atoms with Gasteiger partial charge in [-0.05, 0) is 42.0 Å². The highest BCUT2D eigenvalue weighted by Gasteiger charge is 2.30. The molecule has 2 heterocycles. The Hall–Kier alpha value is -2.49. The third-order valence-corrected chi connectivity index (χ3v) is 7.53. The van der Waals surface area contributed by atoms with Crippen LogP contribution in [0.5, 0.6) is 0 Å². The van der Waals surface area contributed by atoms with Gasteiger partial charge >= 0.3 is 5.97 Å². The molecule has 0 amide bonds. The van der Waals surface area contributed by atoms with E-state index in [0.29, 0.717) is 34.5 Å². The number of hydrogen-bond acceptors (Lipinski definition) is 6. The molecule has 0 radical (unpaired) electrons. The molecule has 7 nitrogen and oxygen atoms in total. The van der Waals surface area contributed by atoms with Crippen LogP contribution in [0.1, 0.15) is 54.4 Å². The van der Waals surface area contributed by atoms with E-state index in [0.717, 1.165) is 29.7 Å². The van der Waals surface area contributed by atoms with Gasteiger partial charge in [-0.2, -0.15) is 5.10 Å². The zero-order valence-corrected chi connectivity index (χ0v) is 20.2. The van der Waals surface area contributed by atoms with Gasteiger partial charge < -0.3 is 4.74 Å². The maximum absolute atomic E-state index is 13.1. The summed E-state index contributed by atoms with van der Waals surface area (Å²) in [5.74, 6) is -0.282. The van der Waals surface area contributed by atoms with Crippen molar-refractivity contribution in [1.82, 2.24) is 9.78 Å². The minimum atomic E-state index is -4.05. The number of unbranched alkanes of at least 4 members (excludes halogenated alkanes) is 1. The summed E-state index contributed by atoms with van der Waals surface area (Å²) in [7, 11) is -4.05. The van der Waals surface area contributed by atoms with Crippen molar-refractivity contribution in [2.75, 3.05) is 6.61 Å². The van der Waals surface area contributed by atoms with E-state index < -0.39 is 16.0 Å². The predicted octanol–water partition coefficient (Wildman–Crippen LogP) is 4.46.